The number of carbonyl (C=O) groups excluding carboxylic acids is 1. The summed E-state index contributed by atoms with van der Waals surface area (Å²) in [5, 5.41) is 3.94. The molecule has 0 aliphatic heterocycles. The predicted molar refractivity (Wildman–Crippen MR) is 107 cm³/mol. The first kappa shape index (κ1) is 21.7. The minimum absolute atomic E-state index is 0.00994. The number of nitrogens with zero attached hydrogens (tertiary/aromatic N) is 3. The Balaban J connectivity index is 2.04. The van der Waals surface area contributed by atoms with Gasteiger partial charge in [-0.3, -0.25) is 4.79 Å². The van der Waals surface area contributed by atoms with Gasteiger partial charge in [0, 0.05) is 28.1 Å². The summed E-state index contributed by atoms with van der Waals surface area (Å²) in [6, 6.07) is 11.4. The molecule has 2 rings (SSSR count). The van der Waals surface area contributed by atoms with Gasteiger partial charge in [0.05, 0.1) is 12.5 Å². The number of hydrogen-bond acceptors (Lipinski definition) is 4. The molecule has 0 aliphatic rings. The smallest absolute Gasteiger partial charge is 0.309 e. The van der Waals surface area contributed by atoms with Crippen molar-refractivity contribution in [1.29, 1.82) is 0 Å². The van der Waals surface area contributed by atoms with E-state index in [1.807, 2.05) is 12.1 Å². The van der Waals surface area contributed by atoms with Gasteiger partial charge in [0.1, 0.15) is 5.82 Å². The summed E-state index contributed by atoms with van der Waals surface area (Å²) in [5.41, 5.74) is 16.8. The van der Waals surface area contributed by atoms with Crippen LogP contribution < -0.4 is 5.73 Å². The third-order valence-electron chi connectivity index (χ3n) is 4.26. The molecule has 8 heteroatoms. The van der Waals surface area contributed by atoms with Gasteiger partial charge in [-0.05, 0) is 54.6 Å². The molecule has 0 unspecified atom stereocenters. The van der Waals surface area contributed by atoms with Crippen LogP contribution in [0.4, 0.5) is 4.39 Å². The van der Waals surface area contributed by atoms with Crippen molar-refractivity contribution in [3.8, 4) is 11.1 Å². The average Bonchev–Trinajstić information content (AvgIpc) is 2.68. The Morgan fingerprint density at radius 3 is 2.68 bits per heavy atom. The largest absolute Gasteiger partial charge is 0.466 e. The predicted octanol–water partition coefficient (Wildman–Crippen LogP) is 4.90. The zero-order valence-electron chi connectivity index (χ0n) is 15.5. The minimum atomic E-state index is -0.578. The van der Waals surface area contributed by atoms with Crippen LogP contribution in [0.3, 0.4) is 0 Å². The zero-order valence-corrected chi connectivity index (χ0v) is 16.3. The fourth-order valence-electron chi connectivity index (χ4n) is 2.93. The van der Waals surface area contributed by atoms with Gasteiger partial charge in [-0.1, -0.05) is 41.0 Å². The molecule has 0 aromatic heterocycles. The molecule has 148 valence electrons. The van der Waals surface area contributed by atoms with Crippen LogP contribution in [-0.2, 0) is 16.0 Å². The number of carbonyl (C=O) groups is 1. The summed E-state index contributed by atoms with van der Waals surface area (Å²) < 4.78 is 19.0. The number of nitrogens with two attached hydrogens (primary N) is 1. The van der Waals surface area contributed by atoms with Gasteiger partial charge in [-0.2, -0.15) is 0 Å². The molecule has 0 fully saturated rings. The van der Waals surface area contributed by atoms with Crippen molar-refractivity contribution in [2.75, 3.05) is 13.2 Å². The second kappa shape index (κ2) is 10.7. The van der Waals surface area contributed by atoms with Crippen molar-refractivity contribution in [2.45, 2.75) is 25.8 Å². The molecule has 0 amide bonds. The van der Waals surface area contributed by atoms with Crippen molar-refractivity contribution < 1.29 is 13.9 Å². The van der Waals surface area contributed by atoms with E-state index >= 15 is 0 Å². The van der Waals surface area contributed by atoms with Gasteiger partial charge < -0.3 is 10.5 Å². The van der Waals surface area contributed by atoms with E-state index in [-0.39, 0.29) is 25.0 Å². The van der Waals surface area contributed by atoms with Gasteiger partial charge in [0.15, 0.2) is 0 Å². The normalized spacial score (nSPS) is 12.7. The third-order valence-corrected chi connectivity index (χ3v) is 4.50. The summed E-state index contributed by atoms with van der Waals surface area (Å²) in [4.78, 5) is 14.7. The van der Waals surface area contributed by atoms with Gasteiger partial charge in [0.25, 0.3) is 0 Å². The van der Waals surface area contributed by atoms with E-state index in [0.29, 0.717) is 29.0 Å². The topological polar surface area (TPSA) is 101 Å². The lowest BCUT2D eigenvalue weighted by Crippen LogP contribution is -2.31. The maximum absolute atomic E-state index is 14.0. The molecule has 2 N–H and O–H groups in total. The van der Waals surface area contributed by atoms with Crippen LogP contribution in [0.1, 0.15) is 18.9 Å². The molecule has 28 heavy (non-hydrogen) atoms. The summed E-state index contributed by atoms with van der Waals surface area (Å²) >= 11 is 5.95. The molecule has 2 atom stereocenters. The summed E-state index contributed by atoms with van der Waals surface area (Å²) in [6.07, 6.45) is 0.854. The zero-order chi connectivity index (χ0) is 20.5. The van der Waals surface area contributed by atoms with E-state index in [1.54, 1.807) is 25.1 Å². The number of benzene rings is 2. The highest BCUT2D eigenvalue weighted by Gasteiger charge is 2.22. The SMILES string of the molecule is CCOC(=O)[C@H](CN=[N+]=[N-])C[C@H](N)Cc1ccc(-c2cc(Cl)ccc2F)cc1. The van der Waals surface area contributed by atoms with Crippen molar-refractivity contribution >= 4 is 17.6 Å². The second-order valence-electron chi connectivity index (χ2n) is 6.38. The van der Waals surface area contributed by atoms with E-state index < -0.39 is 11.9 Å². The van der Waals surface area contributed by atoms with Crippen LogP contribution in [-0.4, -0.2) is 25.2 Å². The number of halogens is 2. The van der Waals surface area contributed by atoms with Crippen molar-refractivity contribution in [1.82, 2.24) is 0 Å². The molecule has 0 saturated carbocycles. The number of esters is 1. The molecule has 0 spiro atoms. The average molecular weight is 405 g/mol. The van der Waals surface area contributed by atoms with Gasteiger partial charge >= 0.3 is 5.97 Å². The Morgan fingerprint density at radius 1 is 1.32 bits per heavy atom. The Labute approximate surface area is 168 Å². The number of hydrogen-bond donors (Lipinski definition) is 1. The van der Waals surface area contributed by atoms with Gasteiger partial charge in [-0.25, -0.2) is 4.39 Å². The monoisotopic (exact) mass is 404 g/mol. The van der Waals surface area contributed by atoms with Crippen LogP contribution in [0.2, 0.25) is 5.02 Å². The molecule has 6 nitrogen and oxygen atoms in total. The van der Waals surface area contributed by atoms with Crippen LogP contribution in [0.5, 0.6) is 0 Å². The number of azide groups is 1. The Morgan fingerprint density at radius 2 is 2.04 bits per heavy atom. The van der Waals surface area contributed by atoms with E-state index in [1.165, 1.54) is 12.1 Å². The first-order valence-corrected chi connectivity index (χ1v) is 9.29. The Kier molecular flexibility index (Phi) is 8.26. The highest BCUT2D eigenvalue weighted by molar-refractivity contribution is 6.30. The first-order chi connectivity index (χ1) is 13.4. The van der Waals surface area contributed by atoms with E-state index in [2.05, 4.69) is 10.0 Å². The van der Waals surface area contributed by atoms with Crippen molar-refractivity contribution in [2.24, 2.45) is 16.8 Å². The highest BCUT2D eigenvalue weighted by atomic mass is 35.5. The molecule has 0 heterocycles. The fraction of sp³-hybridized carbons (Fsp3) is 0.350. The van der Waals surface area contributed by atoms with Crippen molar-refractivity contribution in [3.05, 3.63) is 69.3 Å². The van der Waals surface area contributed by atoms with E-state index in [4.69, 9.17) is 27.6 Å². The van der Waals surface area contributed by atoms with Crippen LogP contribution in [0.15, 0.2) is 47.6 Å². The summed E-state index contributed by atoms with van der Waals surface area (Å²) in [5.74, 6) is -1.34. The Hall–Kier alpha value is -2.60. The first-order valence-electron chi connectivity index (χ1n) is 8.92. The van der Waals surface area contributed by atoms with Crippen LogP contribution in [0, 0.1) is 11.7 Å². The number of ether oxygens (including phenoxy) is 1. The van der Waals surface area contributed by atoms with Crippen molar-refractivity contribution in [3.63, 3.8) is 0 Å². The minimum Gasteiger partial charge on any atom is -0.466 e. The maximum atomic E-state index is 14.0. The number of rotatable bonds is 9. The van der Waals surface area contributed by atoms with Crippen LogP contribution >= 0.6 is 11.6 Å². The summed E-state index contributed by atoms with van der Waals surface area (Å²) in [6.45, 7) is 1.98. The fourth-order valence-corrected chi connectivity index (χ4v) is 3.10. The lowest BCUT2D eigenvalue weighted by atomic mass is 9.94. The highest BCUT2D eigenvalue weighted by Crippen LogP contribution is 2.26. The third kappa shape index (κ3) is 6.23. The van der Waals surface area contributed by atoms with Gasteiger partial charge in [-0.15, -0.1) is 0 Å². The van der Waals surface area contributed by atoms with Crippen LogP contribution in [0.25, 0.3) is 21.6 Å². The summed E-state index contributed by atoms with van der Waals surface area (Å²) in [7, 11) is 0. The van der Waals surface area contributed by atoms with Gasteiger partial charge in [0.2, 0.25) is 0 Å². The standard InChI is InChI=1S/C20H22ClFN4O2/c1-2-28-20(27)15(12-25-26-24)10-17(23)9-13-3-5-14(6-4-13)18-11-16(21)7-8-19(18)22/h3-8,11,15,17H,2,9-10,12,23H2,1H3/t15-,17+/m0/s1. The van der Waals surface area contributed by atoms with E-state index in [9.17, 15) is 9.18 Å². The molecule has 2 aromatic carbocycles. The molecular formula is C20H22ClFN4O2. The maximum Gasteiger partial charge on any atom is 0.309 e. The lowest BCUT2D eigenvalue weighted by molar-refractivity contribution is -0.148. The Bertz CT molecular complexity index is 854. The second-order valence-corrected chi connectivity index (χ2v) is 6.82. The quantitative estimate of drug-likeness (QED) is 0.278. The molecule has 0 bridgehead atoms. The lowest BCUT2D eigenvalue weighted by Gasteiger charge is -2.18. The molecule has 2 aromatic rings. The van der Waals surface area contributed by atoms with E-state index in [0.717, 1.165) is 5.56 Å². The molecule has 0 aliphatic carbocycles. The molecular weight excluding hydrogens is 383 g/mol. The molecule has 0 radical (unpaired) electrons. The molecule has 0 saturated heterocycles.